The van der Waals surface area contributed by atoms with E-state index in [0.29, 0.717) is 17.8 Å². The third-order valence-corrected chi connectivity index (χ3v) is 3.36. The molecule has 0 spiro atoms. The van der Waals surface area contributed by atoms with Gasteiger partial charge in [-0.25, -0.2) is 0 Å². The van der Waals surface area contributed by atoms with Gasteiger partial charge in [0.25, 0.3) is 5.89 Å². The molecular weight excluding hydrogens is 309 g/mol. The maximum absolute atomic E-state index is 12.8. The number of aromatic nitrogens is 4. The summed E-state index contributed by atoms with van der Waals surface area (Å²) in [5, 5.41) is 12.0. The number of rotatable bonds is 3. The van der Waals surface area contributed by atoms with Crippen LogP contribution in [-0.4, -0.2) is 20.0 Å². The van der Waals surface area contributed by atoms with Gasteiger partial charge in [-0.3, -0.25) is 4.68 Å². The molecule has 0 saturated heterocycles. The first kappa shape index (κ1) is 15.3. The largest absolute Gasteiger partial charge is 0.416 e. The molecule has 0 aliphatic carbocycles. The van der Waals surface area contributed by atoms with Gasteiger partial charge in [0.05, 0.1) is 16.8 Å². The Morgan fingerprint density at radius 3 is 2.57 bits per heavy atom. The van der Waals surface area contributed by atoms with E-state index >= 15 is 0 Å². The average molecular weight is 322 g/mol. The highest BCUT2D eigenvalue weighted by Crippen LogP contribution is 2.32. The molecule has 3 aromatic rings. The highest BCUT2D eigenvalue weighted by atomic mass is 19.4. The third-order valence-electron chi connectivity index (χ3n) is 3.36. The SMILES string of the molecule is CCn1cc(-c2nnc(-c3cccc(C(F)(F)F)c3)o2)c(C)n1. The summed E-state index contributed by atoms with van der Waals surface area (Å²) in [7, 11) is 0. The van der Waals surface area contributed by atoms with E-state index in [1.54, 1.807) is 17.8 Å². The minimum atomic E-state index is -4.42. The molecule has 23 heavy (non-hydrogen) atoms. The third kappa shape index (κ3) is 2.96. The first-order valence-electron chi connectivity index (χ1n) is 6.94. The Morgan fingerprint density at radius 2 is 1.91 bits per heavy atom. The zero-order valence-corrected chi connectivity index (χ0v) is 12.4. The van der Waals surface area contributed by atoms with Crippen molar-refractivity contribution in [2.24, 2.45) is 0 Å². The van der Waals surface area contributed by atoms with Crippen LogP contribution in [-0.2, 0) is 12.7 Å². The quantitative estimate of drug-likeness (QED) is 0.733. The van der Waals surface area contributed by atoms with Crippen LogP contribution in [0.2, 0.25) is 0 Å². The highest BCUT2D eigenvalue weighted by Gasteiger charge is 2.31. The fourth-order valence-corrected chi connectivity index (χ4v) is 2.17. The molecule has 0 aliphatic rings. The molecule has 1 aromatic carbocycles. The van der Waals surface area contributed by atoms with Crippen molar-refractivity contribution >= 4 is 0 Å². The van der Waals surface area contributed by atoms with Crippen molar-refractivity contribution in [3.05, 3.63) is 41.7 Å². The zero-order chi connectivity index (χ0) is 16.6. The van der Waals surface area contributed by atoms with E-state index in [0.717, 1.165) is 12.1 Å². The number of hydrogen-bond acceptors (Lipinski definition) is 4. The Bertz CT molecular complexity index is 835. The van der Waals surface area contributed by atoms with Gasteiger partial charge in [0.1, 0.15) is 0 Å². The normalized spacial score (nSPS) is 11.9. The number of alkyl halides is 3. The molecule has 0 amide bonds. The lowest BCUT2D eigenvalue weighted by Gasteiger charge is -2.06. The van der Waals surface area contributed by atoms with Crippen molar-refractivity contribution in [1.29, 1.82) is 0 Å². The Kier molecular flexibility index (Phi) is 3.67. The minimum Gasteiger partial charge on any atom is -0.416 e. The van der Waals surface area contributed by atoms with Gasteiger partial charge < -0.3 is 4.42 Å². The summed E-state index contributed by atoms with van der Waals surface area (Å²) in [5.41, 5.74) is 0.840. The lowest BCUT2D eigenvalue weighted by atomic mass is 10.1. The van der Waals surface area contributed by atoms with E-state index in [1.807, 2.05) is 6.92 Å². The van der Waals surface area contributed by atoms with E-state index in [4.69, 9.17) is 4.42 Å². The van der Waals surface area contributed by atoms with Crippen molar-refractivity contribution in [1.82, 2.24) is 20.0 Å². The molecule has 0 fully saturated rings. The summed E-state index contributed by atoms with van der Waals surface area (Å²) >= 11 is 0. The van der Waals surface area contributed by atoms with Crippen LogP contribution in [0.3, 0.4) is 0 Å². The molecule has 0 radical (unpaired) electrons. The lowest BCUT2D eigenvalue weighted by molar-refractivity contribution is -0.137. The number of hydrogen-bond donors (Lipinski definition) is 0. The van der Waals surface area contributed by atoms with Crippen LogP contribution in [0.15, 0.2) is 34.9 Å². The maximum atomic E-state index is 12.8. The van der Waals surface area contributed by atoms with Gasteiger partial charge in [-0.05, 0) is 32.0 Å². The van der Waals surface area contributed by atoms with Gasteiger partial charge in [0, 0.05) is 18.3 Å². The molecule has 0 saturated carbocycles. The van der Waals surface area contributed by atoms with Gasteiger partial charge >= 0.3 is 6.18 Å². The van der Waals surface area contributed by atoms with Gasteiger partial charge in [0.15, 0.2) is 0 Å². The molecule has 3 rings (SSSR count). The minimum absolute atomic E-state index is 0.0368. The number of nitrogens with zero attached hydrogens (tertiary/aromatic N) is 4. The van der Waals surface area contributed by atoms with E-state index in [-0.39, 0.29) is 17.3 Å². The van der Waals surface area contributed by atoms with Crippen molar-refractivity contribution in [3.63, 3.8) is 0 Å². The van der Waals surface area contributed by atoms with Gasteiger partial charge in [-0.1, -0.05) is 6.07 Å². The molecule has 120 valence electrons. The fourth-order valence-electron chi connectivity index (χ4n) is 2.17. The van der Waals surface area contributed by atoms with E-state index in [9.17, 15) is 13.2 Å². The topological polar surface area (TPSA) is 56.7 Å². The summed E-state index contributed by atoms with van der Waals surface area (Å²) < 4.78 is 45.6. The van der Waals surface area contributed by atoms with E-state index in [2.05, 4.69) is 15.3 Å². The molecule has 8 heteroatoms. The van der Waals surface area contributed by atoms with Crippen molar-refractivity contribution in [2.75, 3.05) is 0 Å². The number of benzene rings is 1. The van der Waals surface area contributed by atoms with Gasteiger partial charge in [-0.2, -0.15) is 18.3 Å². The number of aryl methyl sites for hydroxylation is 2. The van der Waals surface area contributed by atoms with Crippen LogP contribution < -0.4 is 0 Å². The van der Waals surface area contributed by atoms with Crippen LogP contribution in [0, 0.1) is 6.92 Å². The Hall–Kier alpha value is -2.64. The van der Waals surface area contributed by atoms with Crippen LogP contribution >= 0.6 is 0 Å². The molecule has 0 aliphatic heterocycles. The second-order valence-corrected chi connectivity index (χ2v) is 4.97. The number of halogens is 3. The zero-order valence-electron chi connectivity index (χ0n) is 12.4. The predicted octanol–water partition coefficient (Wildman–Crippen LogP) is 3.95. The molecule has 0 N–H and O–H groups in total. The Balaban J connectivity index is 1.97. The molecule has 0 atom stereocenters. The first-order valence-corrected chi connectivity index (χ1v) is 6.94. The summed E-state index contributed by atoms with van der Waals surface area (Å²) in [6.07, 6.45) is -2.66. The molecule has 0 bridgehead atoms. The molecule has 2 heterocycles. The molecule has 2 aromatic heterocycles. The highest BCUT2D eigenvalue weighted by molar-refractivity contribution is 5.59. The van der Waals surface area contributed by atoms with Crippen LogP contribution in [0.4, 0.5) is 13.2 Å². The van der Waals surface area contributed by atoms with Crippen LogP contribution in [0.1, 0.15) is 18.2 Å². The van der Waals surface area contributed by atoms with Crippen molar-refractivity contribution in [2.45, 2.75) is 26.6 Å². The van der Waals surface area contributed by atoms with E-state index in [1.165, 1.54) is 12.1 Å². The van der Waals surface area contributed by atoms with E-state index < -0.39 is 11.7 Å². The average Bonchev–Trinajstić information content (AvgIpc) is 3.12. The Morgan fingerprint density at radius 1 is 1.17 bits per heavy atom. The summed E-state index contributed by atoms with van der Waals surface area (Å²) in [4.78, 5) is 0. The predicted molar refractivity (Wildman–Crippen MR) is 76.4 cm³/mol. The maximum Gasteiger partial charge on any atom is 0.416 e. The van der Waals surface area contributed by atoms with Gasteiger partial charge in [0.2, 0.25) is 5.89 Å². The fraction of sp³-hybridized carbons (Fsp3) is 0.267. The smallest absolute Gasteiger partial charge is 0.416 e. The molecule has 5 nitrogen and oxygen atoms in total. The lowest BCUT2D eigenvalue weighted by Crippen LogP contribution is -2.04. The van der Waals surface area contributed by atoms with Crippen LogP contribution in [0.25, 0.3) is 22.9 Å². The van der Waals surface area contributed by atoms with Crippen molar-refractivity contribution in [3.8, 4) is 22.9 Å². The van der Waals surface area contributed by atoms with Crippen LogP contribution in [0.5, 0.6) is 0 Å². The second kappa shape index (κ2) is 5.53. The molecular formula is C15H13F3N4O. The molecule has 0 unspecified atom stereocenters. The standard InChI is InChI=1S/C15H13F3N4O/c1-3-22-8-12(9(2)21-22)14-20-19-13(23-14)10-5-4-6-11(7-10)15(16,17)18/h4-8H,3H2,1-2H3. The monoisotopic (exact) mass is 322 g/mol. The summed E-state index contributed by atoms with van der Waals surface area (Å²) in [5.74, 6) is 0.268. The Labute approximate surface area is 129 Å². The van der Waals surface area contributed by atoms with Gasteiger partial charge in [-0.15, -0.1) is 10.2 Å². The first-order chi connectivity index (χ1) is 10.9. The second-order valence-electron chi connectivity index (χ2n) is 4.97. The summed E-state index contributed by atoms with van der Waals surface area (Å²) in [6.45, 7) is 4.43. The summed E-state index contributed by atoms with van der Waals surface area (Å²) in [6, 6.07) is 4.78. The van der Waals surface area contributed by atoms with Crippen molar-refractivity contribution < 1.29 is 17.6 Å².